The number of Topliss-reactive ketones (excluding diaryl/α,β-unsaturated/α-hetero) is 1. The molecular weight excluding hydrogens is 396 g/mol. The Morgan fingerprint density at radius 1 is 1.06 bits per heavy atom. The van der Waals surface area contributed by atoms with E-state index in [0.29, 0.717) is 22.0 Å². The summed E-state index contributed by atoms with van der Waals surface area (Å²) in [5.74, 6) is -1.62. The van der Waals surface area contributed by atoms with Crippen molar-refractivity contribution in [1.29, 1.82) is 0 Å². The highest BCUT2D eigenvalue weighted by Crippen LogP contribution is 2.25. The van der Waals surface area contributed by atoms with Crippen LogP contribution >= 0.6 is 0 Å². The summed E-state index contributed by atoms with van der Waals surface area (Å²) in [6.45, 7) is 5.30. The van der Waals surface area contributed by atoms with Crippen molar-refractivity contribution >= 4 is 34.5 Å². The Kier molecular flexibility index (Phi) is 8.02. The monoisotopic (exact) mass is 420 g/mol. The molecule has 0 bridgehead atoms. The molecule has 0 atom stereocenters. The highest BCUT2D eigenvalue weighted by atomic mass is 16.3. The molecule has 1 heterocycles. The van der Waals surface area contributed by atoms with Crippen LogP contribution in [-0.2, 0) is 4.79 Å². The maximum absolute atomic E-state index is 12.5. The Bertz CT molecular complexity index is 1210. The SMILES string of the molecule is CC.CC(=O)CNC(=O)c1cccc(/C=C/C(=O)c2c(O)c3ccccc3[nH]c2=O)c1. The van der Waals surface area contributed by atoms with Gasteiger partial charge in [0.2, 0.25) is 0 Å². The second-order valence-electron chi connectivity index (χ2n) is 6.43. The number of H-pyrrole nitrogens is 1. The fourth-order valence-electron chi connectivity index (χ4n) is 2.80. The minimum Gasteiger partial charge on any atom is -0.506 e. The number of hydrogen-bond acceptors (Lipinski definition) is 5. The van der Waals surface area contributed by atoms with Gasteiger partial charge in [-0.15, -0.1) is 0 Å². The molecule has 0 unspecified atom stereocenters. The molecule has 0 fully saturated rings. The summed E-state index contributed by atoms with van der Waals surface area (Å²) in [6.07, 6.45) is 2.60. The van der Waals surface area contributed by atoms with Gasteiger partial charge in [0.15, 0.2) is 5.78 Å². The fraction of sp³-hybridized carbons (Fsp3) is 0.167. The van der Waals surface area contributed by atoms with Crippen LogP contribution < -0.4 is 10.9 Å². The number of aromatic nitrogens is 1. The van der Waals surface area contributed by atoms with Crippen molar-refractivity contribution in [3.8, 4) is 5.75 Å². The Labute approximate surface area is 179 Å². The highest BCUT2D eigenvalue weighted by molar-refractivity contribution is 6.11. The minimum absolute atomic E-state index is 0.0681. The van der Waals surface area contributed by atoms with Crippen molar-refractivity contribution in [1.82, 2.24) is 10.3 Å². The highest BCUT2D eigenvalue weighted by Gasteiger charge is 2.17. The lowest BCUT2D eigenvalue weighted by Crippen LogP contribution is -2.28. The lowest BCUT2D eigenvalue weighted by molar-refractivity contribution is -0.116. The van der Waals surface area contributed by atoms with Gasteiger partial charge in [-0.2, -0.15) is 0 Å². The van der Waals surface area contributed by atoms with Crippen LogP contribution in [0.4, 0.5) is 0 Å². The van der Waals surface area contributed by atoms with Gasteiger partial charge in [-0.25, -0.2) is 0 Å². The van der Waals surface area contributed by atoms with Gasteiger partial charge < -0.3 is 15.4 Å². The number of aromatic hydroxyl groups is 1. The van der Waals surface area contributed by atoms with Crippen molar-refractivity contribution < 1.29 is 19.5 Å². The zero-order valence-corrected chi connectivity index (χ0v) is 17.6. The number of pyridine rings is 1. The lowest BCUT2D eigenvalue weighted by atomic mass is 10.1. The summed E-state index contributed by atoms with van der Waals surface area (Å²) in [4.78, 5) is 50.3. The Balaban J connectivity index is 0.00000166. The predicted octanol–water partition coefficient (Wildman–Crippen LogP) is 3.47. The molecule has 3 N–H and O–H groups in total. The molecule has 3 aromatic rings. The van der Waals surface area contributed by atoms with Gasteiger partial charge >= 0.3 is 0 Å². The van der Waals surface area contributed by atoms with Crippen LogP contribution in [0.15, 0.2) is 59.4 Å². The third-order valence-electron chi connectivity index (χ3n) is 4.21. The molecule has 0 spiro atoms. The molecule has 160 valence electrons. The third kappa shape index (κ3) is 5.76. The molecule has 0 saturated heterocycles. The van der Waals surface area contributed by atoms with Crippen molar-refractivity contribution in [2.75, 3.05) is 6.54 Å². The van der Waals surface area contributed by atoms with Crippen LogP contribution in [0.3, 0.4) is 0 Å². The molecule has 0 aliphatic heterocycles. The van der Waals surface area contributed by atoms with Crippen LogP contribution in [-0.4, -0.2) is 34.1 Å². The van der Waals surface area contributed by atoms with E-state index >= 15 is 0 Å². The number of fused-ring (bicyclic) bond motifs is 1. The molecule has 0 radical (unpaired) electrons. The number of benzene rings is 2. The first kappa shape index (κ1) is 23.3. The maximum Gasteiger partial charge on any atom is 0.263 e. The van der Waals surface area contributed by atoms with E-state index in [2.05, 4.69) is 10.3 Å². The molecule has 2 aromatic carbocycles. The van der Waals surface area contributed by atoms with Gasteiger partial charge in [0.1, 0.15) is 17.1 Å². The van der Waals surface area contributed by atoms with E-state index in [1.165, 1.54) is 13.0 Å². The van der Waals surface area contributed by atoms with Gasteiger partial charge in [-0.3, -0.25) is 19.2 Å². The number of hydrogen-bond donors (Lipinski definition) is 3. The number of nitrogens with one attached hydrogen (secondary N) is 2. The van der Waals surface area contributed by atoms with Gasteiger partial charge in [-0.05, 0) is 42.8 Å². The Morgan fingerprint density at radius 3 is 2.48 bits per heavy atom. The second kappa shape index (κ2) is 10.7. The predicted molar refractivity (Wildman–Crippen MR) is 120 cm³/mol. The molecule has 0 aliphatic carbocycles. The van der Waals surface area contributed by atoms with Gasteiger partial charge in [0, 0.05) is 10.9 Å². The Hall–Kier alpha value is -4.00. The standard InChI is InChI=1S/C22H18N2O5.C2H6/c1-13(25)12-23-21(28)15-6-4-5-14(11-15)9-10-18(26)19-20(27)16-7-2-3-8-17(16)24-22(19)29;1-2/h2-11H,12H2,1H3,(H,23,28)(H2,24,27,29);1-2H3/b10-9+;. The maximum atomic E-state index is 12.5. The van der Waals surface area contributed by atoms with E-state index in [4.69, 9.17) is 0 Å². The number of carbonyl (C=O) groups is 3. The number of para-hydroxylation sites is 1. The molecule has 31 heavy (non-hydrogen) atoms. The van der Waals surface area contributed by atoms with Gasteiger partial charge in [0.25, 0.3) is 11.5 Å². The molecule has 3 rings (SSSR count). The first-order valence-electron chi connectivity index (χ1n) is 9.81. The van der Waals surface area contributed by atoms with Crippen molar-refractivity contribution in [3.05, 3.63) is 81.7 Å². The summed E-state index contributed by atoms with van der Waals surface area (Å²) >= 11 is 0. The van der Waals surface area contributed by atoms with Crippen molar-refractivity contribution in [3.63, 3.8) is 0 Å². The first-order valence-corrected chi connectivity index (χ1v) is 9.81. The first-order chi connectivity index (χ1) is 14.9. The summed E-state index contributed by atoms with van der Waals surface area (Å²) in [7, 11) is 0. The number of aromatic amines is 1. The van der Waals surface area contributed by atoms with E-state index in [0.717, 1.165) is 6.08 Å². The van der Waals surface area contributed by atoms with Crippen LogP contribution in [0, 0.1) is 0 Å². The van der Waals surface area contributed by atoms with E-state index in [9.17, 15) is 24.3 Å². The number of rotatable bonds is 6. The van der Waals surface area contributed by atoms with E-state index in [1.807, 2.05) is 13.8 Å². The average molecular weight is 420 g/mol. The van der Waals surface area contributed by atoms with E-state index in [-0.39, 0.29) is 23.6 Å². The molecule has 7 heteroatoms. The number of ketones is 2. The summed E-state index contributed by atoms with van der Waals surface area (Å²) < 4.78 is 0. The van der Waals surface area contributed by atoms with Gasteiger partial charge in [0.05, 0.1) is 12.1 Å². The smallest absolute Gasteiger partial charge is 0.263 e. The van der Waals surface area contributed by atoms with Gasteiger partial charge in [-0.1, -0.05) is 44.2 Å². The molecule has 0 saturated carbocycles. The summed E-state index contributed by atoms with van der Waals surface area (Å²) in [5, 5.41) is 13.2. The number of carbonyl (C=O) groups excluding carboxylic acids is 3. The molecule has 1 amide bonds. The molecule has 1 aromatic heterocycles. The second-order valence-corrected chi connectivity index (χ2v) is 6.43. The van der Waals surface area contributed by atoms with Crippen LogP contribution in [0.2, 0.25) is 0 Å². The number of allylic oxidation sites excluding steroid dienone is 1. The molecule has 7 nitrogen and oxygen atoms in total. The number of amides is 1. The average Bonchev–Trinajstić information content (AvgIpc) is 2.77. The van der Waals surface area contributed by atoms with E-state index < -0.39 is 17.2 Å². The van der Waals surface area contributed by atoms with E-state index in [1.54, 1.807) is 48.5 Å². The summed E-state index contributed by atoms with van der Waals surface area (Å²) in [6, 6.07) is 13.1. The molecule has 0 aliphatic rings. The zero-order chi connectivity index (χ0) is 23.0. The topological polar surface area (TPSA) is 116 Å². The minimum atomic E-state index is -0.687. The Morgan fingerprint density at radius 2 is 1.77 bits per heavy atom. The fourth-order valence-corrected chi connectivity index (χ4v) is 2.80. The van der Waals surface area contributed by atoms with Crippen molar-refractivity contribution in [2.24, 2.45) is 0 Å². The quantitative estimate of drug-likeness (QED) is 0.417. The van der Waals surface area contributed by atoms with Crippen molar-refractivity contribution in [2.45, 2.75) is 20.8 Å². The summed E-state index contributed by atoms with van der Waals surface area (Å²) in [5.41, 5.74) is 0.265. The normalized spacial score (nSPS) is 10.4. The third-order valence-corrected chi connectivity index (χ3v) is 4.21. The van der Waals surface area contributed by atoms with Crippen LogP contribution in [0.5, 0.6) is 5.75 Å². The largest absolute Gasteiger partial charge is 0.506 e. The molecular formula is C24H24N2O5. The zero-order valence-electron chi connectivity index (χ0n) is 17.6. The lowest BCUT2D eigenvalue weighted by Gasteiger charge is -2.05. The van der Waals surface area contributed by atoms with Crippen LogP contribution in [0.1, 0.15) is 47.1 Å². The van der Waals surface area contributed by atoms with Crippen LogP contribution in [0.25, 0.3) is 17.0 Å².